The normalized spacial score (nSPS) is 24.9. The second kappa shape index (κ2) is 15.7. The molecule has 4 heterocycles. The van der Waals surface area contributed by atoms with Crippen molar-refractivity contribution in [1.29, 1.82) is 0 Å². The molecule has 4 amide bonds. The molecule has 0 radical (unpaired) electrons. The molecule has 2 aromatic carbocycles. The van der Waals surface area contributed by atoms with Gasteiger partial charge in [0.05, 0.1) is 20.3 Å². The van der Waals surface area contributed by atoms with E-state index in [9.17, 15) is 24.3 Å². The zero-order valence-corrected chi connectivity index (χ0v) is 30.8. The molecule has 3 aliphatic rings. The number of thiazole rings is 1. The Morgan fingerprint density at radius 3 is 2.39 bits per heavy atom. The molecule has 0 bridgehead atoms. The zero-order valence-electron chi connectivity index (χ0n) is 29.9. The Morgan fingerprint density at radius 1 is 0.981 bits per heavy atom. The van der Waals surface area contributed by atoms with Crippen LogP contribution in [0.2, 0.25) is 0 Å². The average molecular weight is 755 g/mol. The summed E-state index contributed by atoms with van der Waals surface area (Å²) < 4.78 is 10.6. The van der Waals surface area contributed by atoms with Crippen LogP contribution in [0.3, 0.4) is 0 Å². The fourth-order valence-electron chi connectivity index (χ4n) is 7.16. The summed E-state index contributed by atoms with van der Waals surface area (Å²) >= 11 is 1.41. The minimum absolute atomic E-state index is 0.0483. The Morgan fingerprint density at radius 2 is 1.70 bits per heavy atom. The van der Waals surface area contributed by atoms with Crippen LogP contribution < -0.4 is 25.4 Å². The lowest BCUT2D eigenvalue weighted by atomic mass is 10.0. The van der Waals surface area contributed by atoms with E-state index in [1.807, 2.05) is 41.8 Å². The number of nitrogens with zero attached hydrogens (tertiary/aromatic N) is 5. The summed E-state index contributed by atoms with van der Waals surface area (Å²) in [5.74, 6) is -1.20. The number of ether oxygens (including phenoxy) is 2. The summed E-state index contributed by atoms with van der Waals surface area (Å²) in [7, 11) is 3.14. The van der Waals surface area contributed by atoms with E-state index < -0.39 is 47.5 Å². The molecule has 282 valence electrons. The fraction of sp³-hybridized carbons (Fsp3) is 0.395. The summed E-state index contributed by atoms with van der Waals surface area (Å²) in [5.41, 5.74) is 0.939. The summed E-state index contributed by atoms with van der Waals surface area (Å²) in [6, 6.07) is 11.1. The van der Waals surface area contributed by atoms with Crippen LogP contribution in [0.25, 0.3) is 22.0 Å². The number of amides is 4. The highest BCUT2D eigenvalue weighted by Crippen LogP contribution is 2.46. The molecule has 2 aromatic heterocycles. The van der Waals surface area contributed by atoms with Gasteiger partial charge in [0, 0.05) is 41.7 Å². The maximum absolute atomic E-state index is 14.6. The molecule has 15 nitrogen and oxygen atoms in total. The number of urea groups is 1. The smallest absolute Gasteiger partial charge is 0.330 e. The lowest BCUT2D eigenvalue weighted by molar-refractivity contribution is -0.145. The first-order chi connectivity index (χ1) is 26.2. The van der Waals surface area contributed by atoms with Gasteiger partial charge in [0.2, 0.25) is 11.8 Å². The van der Waals surface area contributed by atoms with Crippen LogP contribution >= 0.6 is 11.3 Å². The van der Waals surface area contributed by atoms with Gasteiger partial charge in [-0.2, -0.15) is 9.90 Å². The van der Waals surface area contributed by atoms with Crippen LogP contribution in [0.5, 0.6) is 11.5 Å². The Bertz CT molecular complexity index is 2020. The van der Waals surface area contributed by atoms with Crippen LogP contribution in [-0.2, 0) is 14.4 Å². The Labute approximate surface area is 315 Å². The van der Waals surface area contributed by atoms with Gasteiger partial charge in [-0.25, -0.2) is 14.6 Å². The van der Waals surface area contributed by atoms with Gasteiger partial charge in [0.25, 0.3) is 0 Å². The number of carboxylic acid groups (broad SMARTS) is 1. The SMILES string of the molecule is COc1ccc(NC(=O)NC2CCCCC/C=C\C3CC3(C(=O)O)NC(=O)C3C[C@@H](n4nc(-c5ccc(OC)cc5)c(-c5nccs5)n4)CN3C2=O)cc1. The van der Waals surface area contributed by atoms with Crippen molar-refractivity contribution in [3.05, 3.63) is 72.3 Å². The number of benzene rings is 2. The molecule has 1 aliphatic carbocycles. The van der Waals surface area contributed by atoms with Gasteiger partial charge in [-0.3, -0.25) is 9.59 Å². The quantitative estimate of drug-likeness (QED) is 0.180. The Balaban J connectivity index is 1.21. The van der Waals surface area contributed by atoms with Gasteiger partial charge >= 0.3 is 12.0 Å². The second-order valence-corrected chi connectivity index (χ2v) is 14.6. The van der Waals surface area contributed by atoms with Crippen LogP contribution in [-0.4, -0.2) is 92.2 Å². The molecule has 4 unspecified atom stereocenters. The Hall–Kier alpha value is -5.77. The molecule has 7 rings (SSSR count). The summed E-state index contributed by atoms with van der Waals surface area (Å²) in [6.07, 6.45) is 9.23. The number of nitrogens with one attached hydrogen (secondary N) is 3. The third-order valence-electron chi connectivity index (χ3n) is 10.2. The molecule has 54 heavy (non-hydrogen) atoms. The first-order valence-electron chi connectivity index (χ1n) is 17.9. The first kappa shape index (κ1) is 36.6. The topological polar surface area (TPSA) is 190 Å². The number of carbonyl (C=O) groups excluding carboxylic acids is 3. The molecule has 5 atom stereocenters. The monoisotopic (exact) mass is 754 g/mol. The van der Waals surface area contributed by atoms with E-state index in [0.29, 0.717) is 46.4 Å². The van der Waals surface area contributed by atoms with Gasteiger partial charge in [-0.1, -0.05) is 25.0 Å². The van der Waals surface area contributed by atoms with E-state index in [2.05, 4.69) is 20.9 Å². The van der Waals surface area contributed by atoms with Crippen LogP contribution in [0.1, 0.15) is 51.0 Å². The van der Waals surface area contributed by atoms with Gasteiger partial charge in [-0.15, -0.1) is 16.4 Å². The molecule has 2 fully saturated rings. The summed E-state index contributed by atoms with van der Waals surface area (Å²) in [5, 5.41) is 31.0. The minimum Gasteiger partial charge on any atom is -0.497 e. The molecule has 4 N–H and O–H groups in total. The van der Waals surface area contributed by atoms with Crippen LogP contribution in [0, 0.1) is 5.92 Å². The van der Waals surface area contributed by atoms with Gasteiger partial charge in [0.15, 0.2) is 0 Å². The number of carboxylic acids is 1. The van der Waals surface area contributed by atoms with E-state index in [1.54, 1.807) is 44.7 Å². The number of fused-ring (bicyclic) bond motifs is 2. The molecule has 1 saturated carbocycles. The van der Waals surface area contributed by atoms with Gasteiger partial charge in [0.1, 0.15) is 45.5 Å². The Kier molecular flexibility index (Phi) is 10.6. The molecule has 0 spiro atoms. The van der Waals surface area contributed by atoms with Crippen molar-refractivity contribution in [2.75, 3.05) is 26.1 Å². The van der Waals surface area contributed by atoms with E-state index >= 15 is 0 Å². The highest BCUT2D eigenvalue weighted by atomic mass is 32.1. The number of methoxy groups -OCH3 is 2. The number of hydrogen-bond acceptors (Lipinski definition) is 10. The van der Waals surface area contributed by atoms with Crippen molar-refractivity contribution in [3.8, 4) is 33.5 Å². The van der Waals surface area contributed by atoms with Crippen LogP contribution in [0.15, 0.2) is 72.3 Å². The predicted octanol–water partition coefficient (Wildman–Crippen LogP) is 4.90. The third kappa shape index (κ3) is 7.64. The summed E-state index contributed by atoms with van der Waals surface area (Å²) in [4.78, 5) is 62.1. The molecule has 4 aromatic rings. The number of rotatable bonds is 8. The minimum atomic E-state index is -1.46. The molecule has 2 aliphatic heterocycles. The van der Waals surface area contributed by atoms with E-state index in [0.717, 1.165) is 24.8 Å². The predicted molar refractivity (Wildman–Crippen MR) is 200 cm³/mol. The van der Waals surface area contributed by atoms with E-state index in [-0.39, 0.29) is 25.3 Å². The zero-order chi connectivity index (χ0) is 37.8. The number of allylic oxidation sites excluding steroid dienone is 1. The largest absolute Gasteiger partial charge is 0.497 e. The van der Waals surface area contributed by atoms with Crippen LogP contribution in [0.4, 0.5) is 10.5 Å². The van der Waals surface area contributed by atoms with Crippen molar-refractivity contribution < 1.29 is 33.8 Å². The molecule has 1 saturated heterocycles. The van der Waals surface area contributed by atoms with Gasteiger partial charge < -0.3 is 35.4 Å². The van der Waals surface area contributed by atoms with Crippen molar-refractivity contribution in [3.63, 3.8) is 0 Å². The molecular weight excluding hydrogens is 713 g/mol. The molecular formula is C38H42N8O7S. The number of hydrogen-bond donors (Lipinski definition) is 4. The van der Waals surface area contributed by atoms with Gasteiger partial charge in [-0.05, 0) is 74.2 Å². The highest BCUT2D eigenvalue weighted by molar-refractivity contribution is 7.13. The lowest BCUT2D eigenvalue weighted by Gasteiger charge is -2.29. The van der Waals surface area contributed by atoms with Crippen molar-refractivity contribution in [1.82, 2.24) is 35.5 Å². The standard InChI is InChI=1S/C38H42N8O7S/c1-52-27-14-10-23(11-15-27)31-32(34-39-18-19-54-34)44-46(43-31)26-20-30-33(47)42-38(36(49)50)21-24(38)8-6-4-3-5-7-9-29(35(48)45(30)22-26)41-37(51)40-25-12-16-28(53-2)17-13-25/h6,8,10-19,24,26,29-30H,3-5,7,9,20-22H2,1-2H3,(H,42,47)(H,49,50)(H2,40,41,51)/b8-6-/t24?,26-,29?,30?,38?/m1/s1. The number of anilines is 1. The van der Waals surface area contributed by atoms with Crippen molar-refractivity contribution in [2.45, 2.75) is 68.6 Å². The van der Waals surface area contributed by atoms with E-state index in [1.165, 1.54) is 21.0 Å². The third-order valence-corrected chi connectivity index (χ3v) is 11.0. The molecule has 16 heteroatoms. The highest BCUT2D eigenvalue weighted by Gasteiger charge is 2.61. The number of aromatic nitrogens is 4. The van der Waals surface area contributed by atoms with Crippen molar-refractivity contribution in [2.24, 2.45) is 5.92 Å². The second-order valence-electron chi connectivity index (χ2n) is 13.7. The maximum atomic E-state index is 14.6. The number of aliphatic carboxylic acids is 1. The fourth-order valence-corrected chi connectivity index (χ4v) is 7.78. The maximum Gasteiger partial charge on any atom is 0.330 e. The first-order valence-corrected chi connectivity index (χ1v) is 18.8. The van der Waals surface area contributed by atoms with Crippen molar-refractivity contribution >= 4 is 40.8 Å². The average Bonchev–Trinajstić information content (AvgIpc) is 3.63. The lowest BCUT2D eigenvalue weighted by Crippen LogP contribution is -2.56. The number of carbonyl (C=O) groups is 4. The summed E-state index contributed by atoms with van der Waals surface area (Å²) in [6.45, 7) is 0.0483. The van der Waals surface area contributed by atoms with E-state index in [4.69, 9.17) is 19.7 Å².